The van der Waals surface area contributed by atoms with E-state index in [1.54, 1.807) is 27.7 Å². The van der Waals surface area contributed by atoms with E-state index in [1.807, 2.05) is 0 Å². The lowest BCUT2D eigenvalue weighted by atomic mass is 10.2. The van der Waals surface area contributed by atoms with Gasteiger partial charge in [0.1, 0.15) is 5.82 Å². The van der Waals surface area contributed by atoms with Crippen molar-refractivity contribution in [3.05, 3.63) is 74.5 Å². The predicted octanol–water partition coefficient (Wildman–Crippen LogP) is 1.86. The van der Waals surface area contributed by atoms with Gasteiger partial charge in [-0.15, -0.1) is 0 Å². The van der Waals surface area contributed by atoms with Crippen molar-refractivity contribution in [3.63, 3.8) is 0 Å². The number of isocyanates is 1. The van der Waals surface area contributed by atoms with E-state index in [2.05, 4.69) is 43.7 Å². The number of H-pyrrole nitrogens is 2. The highest BCUT2D eigenvalue weighted by Crippen LogP contribution is 2.00. The molecule has 38 heavy (non-hydrogen) atoms. The minimum absolute atomic E-state index is 0.0565. The minimum atomic E-state index is -0.476. The molecular weight excluding hydrogens is 494 g/mol. The number of rotatable bonds is 9. The molecule has 2 heterocycles. The molecule has 0 spiro atoms. The number of aryl methyl sites for hydroxylation is 2. The fourth-order valence-electron chi connectivity index (χ4n) is 2.44. The Kier molecular flexibility index (Phi) is 15.3. The number of hydrogen-bond donors (Lipinski definition) is 5. The topological polar surface area (TPSA) is 209 Å². The molecule has 0 aromatic carbocycles. The Labute approximate surface area is 219 Å². The van der Waals surface area contributed by atoms with Crippen LogP contribution in [-0.4, -0.2) is 51.7 Å². The Morgan fingerprint density at radius 2 is 1.63 bits per heavy atom. The molecule has 0 saturated heterocycles. The number of nitrogens with zero attached hydrogens (tertiary/aromatic N) is 2. The Morgan fingerprint density at radius 1 is 1.03 bits per heavy atom. The number of carbonyl (C=O) groups excluding carboxylic acids is 4. The van der Waals surface area contributed by atoms with E-state index < -0.39 is 6.03 Å². The molecule has 0 unspecified atom stereocenters. The highest BCUT2D eigenvalue weighted by atomic mass is 16.2. The average molecular weight is 528 g/mol. The van der Waals surface area contributed by atoms with Gasteiger partial charge in [-0.25, -0.2) is 19.6 Å². The van der Waals surface area contributed by atoms with Crippen LogP contribution < -0.4 is 27.4 Å². The van der Waals surface area contributed by atoms with E-state index in [4.69, 9.17) is 5.73 Å². The van der Waals surface area contributed by atoms with Gasteiger partial charge in [-0.2, -0.15) is 0 Å². The summed E-state index contributed by atoms with van der Waals surface area (Å²) in [7, 11) is 0. The number of anilines is 2. The summed E-state index contributed by atoms with van der Waals surface area (Å²) >= 11 is 0. The molecule has 0 aliphatic rings. The zero-order valence-electron chi connectivity index (χ0n) is 21.9. The summed E-state index contributed by atoms with van der Waals surface area (Å²) in [6.45, 7) is 14.1. The number of hydrogen-bond acceptors (Lipinski definition) is 9. The SMILES string of the molecule is C=C(C)C(=O)CCN=C=O.C=C(C)C(=O)CCNC(=O)Nc1cc(=O)cc(C)[nH]1.Cc1cc(=O)[nH]c(N)n1. The number of aromatic nitrogens is 3. The molecule has 0 radical (unpaired) electrons. The zero-order chi connectivity index (χ0) is 29.3. The number of amides is 2. The van der Waals surface area contributed by atoms with Crippen LogP contribution in [0.3, 0.4) is 0 Å². The maximum Gasteiger partial charge on any atom is 0.320 e. The molecule has 0 bridgehead atoms. The fraction of sp³-hybridized carbons (Fsp3) is 0.320. The molecule has 2 aromatic heterocycles. The lowest BCUT2D eigenvalue weighted by Crippen LogP contribution is -2.31. The molecule has 204 valence electrons. The molecule has 13 nitrogen and oxygen atoms in total. The van der Waals surface area contributed by atoms with Crippen molar-refractivity contribution in [2.45, 2.75) is 40.5 Å². The van der Waals surface area contributed by atoms with Crippen LogP contribution in [0.4, 0.5) is 16.6 Å². The first-order chi connectivity index (χ1) is 17.7. The van der Waals surface area contributed by atoms with E-state index in [1.165, 1.54) is 24.3 Å². The number of Topliss-reactive ketones (excluding diaryl/α,β-unsaturated/α-hetero) is 2. The van der Waals surface area contributed by atoms with Crippen molar-refractivity contribution in [1.29, 1.82) is 0 Å². The van der Waals surface area contributed by atoms with Gasteiger partial charge in [0.25, 0.3) is 5.56 Å². The number of urea groups is 1. The standard InChI is InChI=1S/C13H17N3O3.C7H9NO2.C5H7N3O/c1-8(2)11(18)4-5-14-13(19)16-12-7-10(17)6-9(3)15-12;1-6(2)7(10)3-4-8-5-9;1-3-2-4(9)8-5(6)7-3/h6-7H,1,4-5H2,2-3H3,(H3,14,15,16,17,19);1,3-4H2,2H3;2H,1H3,(H3,6,7,8,9). The van der Waals surface area contributed by atoms with Gasteiger partial charge in [0.15, 0.2) is 17.0 Å². The molecule has 13 heteroatoms. The third kappa shape index (κ3) is 15.9. The van der Waals surface area contributed by atoms with Crippen LogP contribution >= 0.6 is 0 Å². The summed E-state index contributed by atoms with van der Waals surface area (Å²) in [5, 5.41) is 5.01. The molecular formula is C25H33N7O6. The van der Waals surface area contributed by atoms with E-state index in [0.717, 1.165) is 0 Å². The molecule has 0 aliphatic heterocycles. The fourth-order valence-corrected chi connectivity index (χ4v) is 2.44. The third-order valence-electron chi connectivity index (χ3n) is 4.22. The summed E-state index contributed by atoms with van der Waals surface area (Å²) in [6.07, 6.45) is 1.81. The lowest BCUT2D eigenvalue weighted by molar-refractivity contribution is -0.116. The number of allylic oxidation sites excluding steroid dienone is 2. The Morgan fingerprint density at radius 3 is 2.13 bits per heavy atom. The molecule has 6 N–H and O–H groups in total. The van der Waals surface area contributed by atoms with Gasteiger partial charge in [0.2, 0.25) is 12.0 Å². The molecule has 0 atom stereocenters. The van der Waals surface area contributed by atoms with Crippen LogP contribution in [0.15, 0.2) is 57.1 Å². The highest BCUT2D eigenvalue weighted by molar-refractivity contribution is 5.95. The van der Waals surface area contributed by atoms with Crippen LogP contribution in [-0.2, 0) is 14.4 Å². The molecule has 2 amide bonds. The first kappa shape index (κ1) is 33.1. The van der Waals surface area contributed by atoms with E-state index in [0.29, 0.717) is 28.4 Å². The smallest absolute Gasteiger partial charge is 0.320 e. The number of carbonyl (C=O) groups is 3. The van der Waals surface area contributed by atoms with Crippen LogP contribution in [0.25, 0.3) is 0 Å². The van der Waals surface area contributed by atoms with Gasteiger partial charge in [0.05, 0.1) is 6.54 Å². The monoisotopic (exact) mass is 527 g/mol. The summed E-state index contributed by atoms with van der Waals surface area (Å²) < 4.78 is 0. The van der Waals surface area contributed by atoms with Gasteiger partial charge in [0, 0.05) is 49.0 Å². The highest BCUT2D eigenvalue weighted by Gasteiger charge is 2.05. The van der Waals surface area contributed by atoms with E-state index in [-0.39, 0.29) is 54.4 Å². The zero-order valence-corrected chi connectivity index (χ0v) is 21.9. The first-order valence-electron chi connectivity index (χ1n) is 11.3. The molecule has 0 aliphatic carbocycles. The average Bonchev–Trinajstić information content (AvgIpc) is 2.78. The molecule has 2 aromatic rings. The number of ketones is 2. The van der Waals surface area contributed by atoms with Gasteiger partial charge < -0.3 is 16.0 Å². The second-order valence-electron chi connectivity index (χ2n) is 7.95. The van der Waals surface area contributed by atoms with Crippen LogP contribution in [0.5, 0.6) is 0 Å². The second-order valence-corrected chi connectivity index (χ2v) is 7.95. The summed E-state index contributed by atoms with van der Waals surface area (Å²) in [5.41, 5.74) is 7.05. The molecule has 0 fully saturated rings. The number of pyridine rings is 1. The number of aromatic amines is 2. The van der Waals surface area contributed by atoms with Crippen molar-refractivity contribution in [2.24, 2.45) is 4.99 Å². The van der Waals surface area contributed by atoms with Crippen molar-refractivity contribution in [1.82, 2.24) is 20.3 Å². The van der Waals surface area contributed by atoms with Gasteiger partial charge >= 0.3 is 6.03 Å². The number of aliphatic imine (C=N–C) groups is 1. The number of nitrogens with two attached hydrogens (primary N) is 1. The van der Waals surface area contributed by atoms with Crippen LogP contribution in [0, 0.1) is 13.8 Å². The van der Waals surface area contributed by atoms with E-state index in [9.17, 15) is 28.8 Å². The summed E-state index contributed by atoms with van der Waals surface area (Å²) in [6, 6.07) is 3.62. The largest absolute Gasteiger partial charge is 0.369 e. The quantitative estimate of drug-likeness (QED) is 0.184. The Balaban J connectivity index is 0.000000604. The summed E-state index contributed by atoms with van der Waals surface area (Å²) in [5.74, 6) is 0.331. The van der Waals surface area contributed by atoms with Crippen molar-refractivity contribution in [3.8, 4) is 0 Å². The lowest BCUT2D eigenvalue weighted by Gasteiger charge is -2.07. The minimum Gasteiger partial charge on any atom is -0.369 e. The molecule has 2 rings (SSSR count). The third-order valence-corrected chi connectivity index (χ3v) is 4.22. The van der Waals surface area contributed by atoms with Crippen molar-refractivity contribution >= 4 is 35.4 Å². The Bertz CT molecular complexity index is 1300. The normalized spacial score (nSPS) is 9.26. The predicted molar refractivity (Wildman–Crippen MR) is 145 cm³/mol. The van der Waals surface area contributed by atoms with Gasteiger partial charge in [-0.3, -0.25) is 29.5 Å². The molecule has 0 saturated carbocycles. The van der Waals surface area contributed by atoms with Crippen LogP contribution in [0.1, 0.15) is 38.1 Å². The van der Waals surface area contributed by atoms with Crippen molar-refractivity contribution < 1.29 is 19.2 Å². The van der Waals surface area contributed by atoms with Gasteiger partial charge in [-0.05, 0) is 38.8 Å². The second kappa shape index (κ2) is 17.5. The van der Waals surface area contributed by atoms with Crippen LogP contribution in [0.2, 0.25) is 0 Å². The first-order valence-corrected chi connectivity index (χ1v) is 11.3. The number of nitrogens with one attached hydrogen (secondary N) is 4. The number of nitrogen functional groups attached to an aromatic ring is 1. The van der Waals surface area contributed by atoms with Gasteiger partial charge in [-0.1, -0.05) is 13.2 Å². The summed E-state index contributed by atoms with van der Waals surface area (Å²) in [4.78, 5) is 76.9. The Hall–Kier alpha value is -4.90. The van der Waals surface area contributed by atoms with Crippen molar-refractivity contribution in [2.75, 3.05) is 24.1 Å². The maximum atomic E-state index is 11.5. The van der Waals surface area contributed by atoms with E-state index >= 15 is 0 Å². The maximum absolute atomic E-state index is 11.5.